The molecule has 0 aliphatic carbocycles. The molecule has 0 fully saturated rings. The van der Waals surface area contributed by atoms with Crippen LogP contribution in [0, 0.1) is 6.92 Å². The van der Waals surface area contributed by atoms with Gasteiger partial charge in [0, 0.05) is 5.39 Å². The topological polar surface area (TPSA) is 64.0 Å². The second-order valence-electron chi connectivity index (χ2n) is 6.78. The van der Waals surface area contributed by atoms with Crippen LogP contribution in [0.25, 0.3) is 10.8 Å². The van der Waals surface area contributed by atoms with Crippen molar-refractivity contribution in [2.45, 2.75) is 13.5 Å². The maximum Gasteiger partial charge on any atom is 0.276 e. The first-order chi connectivity index (χ1) is 14.0. The monoisotopic (exact) mass is 403 g/mol. The molecule has 144 valence electrons. The van der Waals surface area contributed by atoms with Gasteiger partial charge in [-0.25, -0.2) is 4.68 Å². The lowest BCUT2D eigenvalue weighted by Crippen LogP contribution is -2.28. The number of carbonyl (C=O) groups excluding carboxylic acids is 1. The molecule has 5 nitrogen and oxygen atoms in total. The third-order valence-corrected chi connectivity index (χ3v) is 4.94. The molecule has 1 aromatic heterocycles. The number of carbonyl (C=O) groups is 1. The molecule has 0 atom stereocenters. The predicted octanol–water partition coefficient (Wildman–Crippen LogP) is 4.66. The van der Waals surface area contributed by atoms with Crippen molar-refractivity contribution < 1.29 is 4.79 Å². The van der Waals surface area contributed by atoms with Crippen molar-refractivity contribution in [3.63, 3.8) is 0 Å². The molecule has 0 spiro atoms. The second-order valence-corrected chi connectivity index (χ2v) is 7.19. The van der Waals surface area contributed by atoms with E-state index in [9.17, 15) is 9.59 Å². The van der Waals surface area contributed by atoms with Crippen molar-refractivity contribution in [3.05, 3.63) is 105 Å². The number of rotatable bonds is 4. The van der Waals surface area contributed by atoms with Crippen molar-refractivity contribution in [1.82, 2.24) is 9.78 Å². The number of amides is 1. The van der Waals surface area contributed by atoms with Gasteiger partial charge < -0.3 is 5.32 Å². The number of aryl methyl sites for hydroxylation is 1. The van der Waals surface area contributed by atoms with Crippen LogP contribution in [-0.2, 0) is 6.54 Å². The SMILES string of the molecule is Cc1ccc(NC(=O)c2nn(Cc3ccccc3)c(=O)c3ccccc23)c(Cl)c1. The number of anilines is 1. The predicted molar refractivity (Wildman–Crippen MR) is 116 cm³/mol. The summed E-state index contributed by atoms with van der Waals surface area (Å²) in [5.41, 5.74) is 2.34. The van der Waals surface area contributed by atoms with Crippen molar-refractivity contribution in [2.75, 3.05) is 5.32 Å². The Balaban J connectivity index is 1.79. The van der Waals surface area contributed by atoms with Gasteiger partial charge in [0.1, 0.15) is 0 Å². The Morgan fingerprint density at radius 3 is 2.41 bits per heavy atom. The fourth-order valence-corrected chi connectivity index (χ4v) is 3.45. The van der Waals surface area contributed by atoms with E-state index in [-0.39, 0.29) is 17.8 Å². The zero-order valence-corrected chi connectivity index (χ0v) is 16.5. The van der Waals surface area contributed by atoms with Crippen LogP contribution in [0.4, 0.5) is 5.69 Å². The highest BCUT2D eigenvalue weighted by Crippen LogP contribution is 2.24. The quantitative estimate of drug-likeness (QED) is 0.539. The zero-order chi connectivity index (χ0) is 20.4. The van der Waals surface area contributed by atoms with E-state index in [1.165, 1.54) is 4.68 Å². The van der Waals surface area contributed by atoms with Gasteiger partial charge in [-0.3, -0.25) is 9.59 Å². The molecular weight excluding hydrogens is 386 g/mol. The number of halogens is 1. The highest BCUT2D eigenvalue weighted by atomic mass is 35.5. The van der Waals surface area contributed by atoms with Gasteiger partial charge in [-0.2, -0.15) is 5.10 Å². The summed E-state index contributed by atoms with van der Waals surface area (Å²) in [4.78, 5) is 25.9. The van der Waals surface area contributed by atoms with E-state index in [2.05, 4.69) is 10.4 Å². The molecule has 6 heteroatoms. The Morgan fingerprint density at radius 1 is 1.00 bits per heavy atom. The number of fused-ring (bicyclic) bond motifs is 1. The largest absolute Gasteiger partial charge is 0.319 e. The van der Waals surface area contributed by atoms with Crippen LogP contribution in [0.2, 0.25) is 5.02 Å². The average Bonchev–Trinajstić information content (AvgIpc) is 2.73. The first kappa shape index (κ1) is 18.9. The van der Waals surface area contributed by atoms with Crippen LogP contribution in [-0.4, -0.2) is 15.7 Å². The maximum atomic E-state index is 13.0. The molecule has 29 heavy (non-hydrogen) atoms. The summed E-state index contributed by atoms with van der Waals surface area (Å²) < 4.78 is 1.32. The number of hydrogen-bond donors (Lipinski definition) is 1. The number of hydrogen-bond acceptors (Lipinski definition) is 3. The molecule has 4 aromatic rings. The molecule has 0 saturated heterocycles. The van der Waals surface area contributed by atoms with Gasteiger partial charge in [0.05, 0.1) is 22.6 Å². The standard InChI is InChI=1S/C23H18ClN3O2/c1-15-11-12-20(19(24)13-15)25-22(28)21-17-9-5-6-10-18(17)23(29)27(26-21)14-16-7-3-2-4-8-16/h2-13H,14H2,1H3,(H,25,28). The van der Waals surface area contributed by atoms with E-state index >= 15 is 0 Å². The summed E-state index contributed by atoms with van der Waals surface area (Å²) in [6, 6.07) is 21.9. The molecule has 1 heterocycles. The molecule has 0 radical (unpaired) electrons. The summed E-state index contributed by atoms with van der Waals surface area (Å²) in [5.74, 6) is -0.422. The normalized spacial score (nSPS) is 10.8. The van der Waals surface area contributed by atoms with E-state index in [4.69, 9.17) is 11.6 Å². The van der Waals surface area contributed by atoms with E-state index in [1.807, 2.05) is 43.3 Å². The summed E-state index contributed by atoms with van der Waals surface area (Å²) in [6.07, 6.45) is 0. The number of nitrogens with zero attached hydrogens (tertiary/aromatic N) is 2. The molecular formula is C23H18ClN3O2. The van der Waals surface area contributed by atoms with Crippen LogP contribution in [0.3, 0.4) is 0 Å². The maximum absolute atomic E-state index is 13.0. The molecule has 0 unspecified atom stereocenters. The van der Waals surface area contributed by atoms with Gasteiger partial charge in [0.2, 0.25) is 0 Å². The third-order valence-electron chi connectivity index (χ3n) is 4.63. The first-order valence-corrected chi connectivity index (χ1v) is 9.52. The second kappa shape index (κ2) is 7.89. The fourth-order valence-electron chi connectivity index (χ4n) is 3.17. The summed E-state index contributed by atoms with van der Waals surface area (Å²) in [6.45, 7) is 2.20. The molecule has 0 bridgehead atoms. The smallest absolute Gasteiger partial charge is 0.276 e. The lowest BCUT2D eigenvalue weighted by atomic mass is 10.1. The Labute approximate surface area is 172 Å². The number of benzene rings is 3. The van der Waals surface area contributed by atoms with Gasteiger partial charge in [-0.1, -0.05) is 66.2 Å². The Kier molecular flexibility index (Phi) is 5.14. The lowest BCUT2D eigenvalue weighted by molar-refractivity contribution is 0.102. The van der Waals surface area contributed by atoms with Gasteiger partial charge >= 0.3 is 0 Å². The van der Waals surface area contributed by atoms with Crippen molar-refractivity contribution in [3.8, 4) is 0 Å². The Morgan fingerprint density at radius 2 is 1.69 bits per heavy atom. The molecule has 0 saturated carbocycles. The zero-order valence-electron chi connectivity index (χ0n) is 15.7. The molecule has 4 rings (SSSR count). The van der Waals surface area contributed by atoms with Crippen molar-refractivity contribution in [1.29, 1.82) is 0 Å². The lowest BCUT2D eigenvalue weighted by Gasteiger charge is -2.12. The summed E-state index contributed by atoms with van der Waals surface area (Å²) in [7, 11) is 0. The number of nitrogens with one attached hydrogen (secondary N) is 1. The molecule has 1 amide bonds. The minimum atomic E-state index is -0.422. The first-order valence-electron chi connectivity index (χ1n) is 9.14. The minimum absolute atomic E-state index is 0.174. The highest BCUT2D eigenvalue weighted by Gasteiger charge is 2.18. The molecule has 0 aliphatic heterocycles. The van der Waals surface area contributed by atoms with E-state index in [0.29, 0.717) is 21.5 Å². The van der Waals surface area contributed by atoms with E-state index in [0.717, 1.165) is 11.1 Å². The third kappa shape index (κ3) is 3.91. The Bertz CT molecular complexity index is 1270. The minimum Gasteiger partial charge on any atom is -0.319 e. The van der Waals surface area contributed by atoms with Gasteiger partial charge in [0.15, 0.2) is 5.69 Å². The van der Waals surface area contributed by atoms with Crippen LogP contribution in [0.1, 0.15) is 21.6 Å². The molecule has 0 aliphatic rings. The number of aromatic nitrogens is 2. The highest BCUT2D eigenvalue weighted by molar-refractivity contribution is 6.34. The van der Waals surface area contributed by atoms with Gasteiger partial charge in [0.25, 0.3) is 11.5 Å². The fraction of sp³-hybridized carbons (Fsp3) is 0.0870. The van der Waals surface area contributed by atoms with Crippen LogP contribution < -0.4 is 10.9 Å². The van der Waals surface area contributed by atoms with Crippen LogP contribution in [0.5, 0.6) is 0 Å². The van der Waals surface area contributed by atoms with Crippen LogP contribution >= 0.6 is 11.6 Å². The summed E-state index contributed by atoms with van der Waals surface area (Å²) >= 11 is 6.25. The van der Waals surface area contributed by atoms with Crippen molar-refractivity contribution >= 4 is 34.0 Å². The van der Waals surface area contributed by atoms with Gasteiger partial charge in [-0.15, -0.1) is 0 Å². The van der Waals surface area contributed by atoms with Crippen molar-refractivity contribution in [2.24, 2.45) is 0 Å². The summed E-state index contributed by atoms with van der Waals surface area (Å²) in [5, 5.41) is 8.59. The van der Waals surface area contributed by atoms with Gasteiger partial charge in [-0.05, 0) is 36.2 Å². The van der Waals surface area contributed by atoms with E-state index < -0.39 is 5.91 Å². The molecule has 1 N–H and O–H groups in total. The van der Waals surface area contributed by atoms with E-state index in [1.54, 1.807) is 36.4 Å². The van der Waals surface area contributed by atoms with Crippen LogP contribution in [0.15, 0.2) is 77.6 Å². The Hall–Kier alpha value is -3.44. The molecule has 3 aromatic carbocycles. The average molecular weight is 404 g/mol.